The molecule has 0 N–H and O–H groups in total. The summed E-state index contributed by atoms with van der Waals surface area (Å²) in [6, 6.07) is 7.84. The minimum atomic E-state index is 0.517. The molecule has 0 radical (unpaired) electrons. The number of rotatable bonds is 4. The third kappa shape index (κ3) is 2.83. The average molecular weight is 231 g/mol. The van der Waals surface area contributed by atoms with Crippen LogP contribution in [0.1, 0.15) is 5.56 Å². The van der Waals surface area contributed by atoms with E-state index in [1.165, 1.54) is 0 Å². The molecule has 1 aromatic rings. The summed E-state index contributed by atoms with van der Waals surface area (Å²) in [6.45, 7) is 0.624. The summed E-state index contributed by atoms with van der Waals surface area (Å²) >= 11 is 3.20. The van der Waals surface area contributed by atoms with Crippen LogP contribution in [0.4, 0.5) is 0 Å². The lowest BCUT2D eigenvalue weighted by atomic mass is 10.2. The Morgan fingerprint density at radius 2 is 2.25 bits per heavy atom. The lowest BCUT2D eigenvalue weighted by Gasteiger charge is -2.03. The number of alkyl halides is 1. The van der Waals surface area contributed by atoms with Crippen LogP contribution in [-0.2, 0) is 11.3 Å². The Labute approximate surface area is 80.6 Å². The Morgan fingerprint density at radius 1 is 1.42 bits per heavy atom. The molecule has 0 saturated carbocycles. The molecular formula is C9H11BrO2. The van der Waals surface area contributed by atoms with E-state index in [4.69, 9.17) is 9.47 Å². The normalized spacial score (nSPS) is 9.83. The molecule has 2 nitrogen and oxygen atoms in total. The molecule has 0 aromatic heterocycles. The van der Waals surface area contributed by atoms with Gasteiger partial charge in [-0.05, 0) is 33.6 Å². The molecule has 1 aromatic carbocycles. The van der Waals surface area contributed by atoms with E-state index >= 15 is 0 Å². The SMILES string of the molecule is COCc1cccc(OCBr)c1. The van der Waals surface area contributed by atoms with Crippen LogP contribution in [0.25, 0.3) is 0 Å². The van der Waals surface area contributed by atoms with Crippen molar-refractivity contribution in [3.8, 4) is 5.75 Å². The van der Waals surface area contributed by atoms with Gasteiger partial charge in [0.1, 0.15) is 11.3 Å². The molecule has 0 fully saturated rings. The zero-order chi connectivity index (χ0) is 8.81. The molecule has 0 amide bonds. The molecule has 0 spiro atoms. The number of hydrogen-bond acceptors (Lipinski definition) is 2. The minimum absolute atomic E-state index is 0.517. The zero-order valence-corrected chi connectivity index (χ0v) is 8.50. The van der Waals surface area contributed by atoms with Crippen LogP contribution >= 0.6 is 15.9 Å². The third-order valence-electron chi connectivity index (χ3n) is 1.43. The highest BCUT2D eigenvalue weighted by atomic mass is 79.9. The molecule has 0 aliphatic carbocycles. The lowest BCUT2D eigenvalue weighted by molar-refractivity contribution is 0.184. The molecule has 0 atom stereocenters. The van der Waals surface area contributed by atoms with Crippen molar-refractivity contribution in [3.05, 3.63) is 29.8 Å². The van der Waals surface area contributed by atoms with Crippen molar-refractivity contribution in [2.24, 2.45) is 0 Å². The van der Waals surface area contributed by atoms with Crippen LogP contribution in [0, 0.1) is 0 Å². The Morgan fingerprint density at radius 3 is 2.92 bits per heavy atom. The van der Waals surface area contributed by atoms with Gasteiger partial charge in [0.05, 0.1) is 6.61 Å². The fourth-order valence-electron chi connectivity index (χ4n) is 0.955. The van der Waals surface area contributed by atoms with Gasteiger partial charge >= 0.3 is 0 Å². The number of benzene rings is 1. The van der Waals surface area contributed by atoms with Crippen LogP contribution < -0.4 is 4.74 Å². The van der Waals surface area contributed by atoms with Gasteiger partial charge in [-0.1, -0.05) is 12.1 Å². The maximum atomic E-state index is 5.25. The second-order valence-electron chi connectivity index (χ2n) is 2.33. The van der Waals surface area contributed by atoms with Crippen molar-refractivity contribution in [1.82, 2.24) is 0 Å². The van der Waals surface area contributed by atoms with E-state index in [0.29, 0.717) is 12.1 Å². The minimum Gasteiger partial charge on any atom is -0.482 e. The van der Waals surface area contributed by atoms with Crippen molar-refractivity contribution in [2.45, 2.75) is 6.61 Å². The van der Waals surface area contributed by atoms with E-state index in [-0.39, 0.29) is 0 Å². The van der Waals surface area contributed by atoms with Gasteiger partial charge in [0.25, 0.3) is 0 Å². The molecule has 3 heteroatoms. The second-order valence-corrected chi connectivity index (χ2v) is 2.79. The molecule has 66 valence electrons. The van der Waals surface area contributed by atoms with Crippen molar-refractivity contribution >= 4 is 15.9 Å². The first-order valence-electron chi connectivity index (χ1n) is 3.63. The molecule has 1 rings (SSSR count). The molecule has 0 aliphatic heterocycles. The fourth-order valence-corrected chi connectivity index (χ4v) is 1.22. The molecule has 12 heavy (non-hydrogen) atoms. The first-order chi connectivity index (χ1) is 5.86. The second kappa shape index (κ2) is 5.17. The number of hydrogen-bond donors (Lipinski definition) is 0. The maximum Gasteiger partial charge on any atom is 0.143 e. The summed E-state index contributed by atoms with van der Waals surface area (Å²) in [7, 11) is 1.68. The smallest absolute Gasteiger partial charge is 0.143 e. The average Bonchev–Trinajstić information content (AvgIpc) is 2.06. The fraction of sp³-hybridized carbons (Fsp3) is 0.333. The van der Waals surface area contributed by atoms with Gasteiger partial charge < -0.3 is 9.47 Å². The van der Waals surface area contributed by atoms with Crippen LogP contribution in [0.5, 0.6) is 5.75 Å². The molecule has 0 saturated heterocycles. The van der Waals surface area contributed by atoms with Gasteiger partial charge in [-0.15, -0.1) is 0 Å². The third-order valence-corrected chi connectivity index (χ3v) is 1.66. The molecule has 0 aliphatic rings. The Kier molecular flexibility index (Phi) is 4.11. The van der Waals surface area contributed by atoms with E-state index in [1.807, 2.05) is 24.3 Å². The Balaban J connectivity index is 2.67. The molecule has 0 heterocycles. The highest BCUT2D eigenvalue weighted by Gasteiger charge is 1.94. The van der Waals surface area contributed by atoms with Crippen LogP contribution in [-0.4, -0.2) is 12.6 Å². The van der Waals surface area contributed by atoms with Gasteiger partial charge in [0.2, 0.25) is 0 Å². The van der Waals surface area contributed by atoms with Gasteiger partial charge in [0.15, 0.2) is 0 Å². The zero-order valence-electron chi connectivity index (χ0n) is 6.92. The van der Waals surface area contributed by atoms with E-state index in [1.54, 1.807) is 7.11 Å². The van der Waals surface area contributed by atoms with Gasteiger partial charge in [-0.25, -0.2) is 0 Å². The first-order valence-corrected chi connectivity index (χ1v) is 4.75. The summed E-state index contributed by atoms with van der Waals surface area (Å²) < 4.78 is 10.2. The molecular weight excluding hydrogens is 220 g/mol. The highest BCUT2D eigenvalue weighted by Crippen LogP contribution is 2.14. The van der Waals surface area contributed by atoms with E-state index < -0.39 is 0 Å². The summed E-state index contributed by atoms with van der Waals surface area (Å²) in [5.41, 5.74) is 1.64. The van der Waals surface area contributed by atoms with Crippen molar-refractivity contribution in [3.63, 3.8) is 0 Å². The lowest BCUT2D eigenvalue weighted by Crippen LogP contribution is -1.91. The molecule has 0 unspecified atom stereocenters. The van der Waals surface area contributed by atoms with Gasteiger partial charge in [-0.2, -0.15) is 0 Å². The predicted molar refractivity (Wildman–Crippen MR) is 51.6 cm³/mol. The Bertz CT molecular complexity index is 216. The maximum absolute atomic E-state index is 5.25. The van der Waals surface area contributed by atoms with Crippen molar-refractivity contribution < 1.29 is 9.47 Å². The van der Waals surface area contributed by atoms with E-state index in [9.17, 15) is 0 Å². The van der Waals surface area contributed by atoms with Gasteiger partial charge in [-0.3, -0.25) is 0 Å². The monoisotopic (exact) mass is 230 g/mol. The highest BCUT2D eigenvalue weighted by molar-refractivity contribution is 9.09. The first kappa shape index (κ1) is 9.55. The summed E-state index contributed by atoms with van der Waals surface area (Å²) in [5, 5.41) is 0. The predicted octanol–water partition coefficient (Wildman–Crippen LogP) is 2.56. The van der Waals surface area contributed by atoms with Crippen LogP contribution in [0.15, 0.2) is 24.3 Å². The number of methoxy groups -OCH3 is 1. The van der Waals surface area contributed by atoms with E-state index in [2.05, 4.69) is 15.9 Å². The number of ether oxygens (including phenoxy) is 2. The molecule has 0 bridgehead atoms. The standard InChI is InChI=1S/C9H11BrO2/c1-11-6-8-3-2-4-9(5-8)12-7-10/h2-5H,6-7H2,1H3. The van der Waals surface area contributed by atoms with Crippen molar-refractivity contribution in [1.29, 1.82) is 0 Å². The van der Waals surface area contributed by atoms with E-state index in [0.717, 1.165) is 11.3 Å². The van der Waals surface area contributed by atoms with Crippen molar-refractivity contribution in [2.75, 3.05) is 12.6 Å². The quantitative estimate of drug-likeness (QED) is 0.741. The number of halogens is 1. The topological polar surface area (TPSA) is 18.5 Å². The van der Waals surface area contributed by atoms with Crippen LogP contribution in [0.3, 0.4) is 0 Å². The Hall–Kier alpha value is -0.540. The summed E-state index contributed by atoms with van der Waals surface area (Å²) in [4.78, 5) is 0. The van der Waals surface area contributed by atoms with Gasteiger partial charge in [0, 0.05) is 7.11 Å². The van der Waals surface area contributed by atoms with Crippen LogP contribution in [0.2, 0.25) is 0 Å². The largest absolute Gasteiger partial charge is 0.482 e. The summed E-state index contributed by atoms with van der Waals surface area (Å²) in [5.74, 6) is 0.862. The summed E-state index contributed by atoms with van der Waals surface area (Å²) in [6.07, 6.45) is 0.